The second-order valence-corrected chi connectivity index (χ2v) is 4.52. The number of allylic oxidation sites excluding steroid dienone is 1. The van der Waals surface area contributed by atoms with Crippen LogP contribution in [0.2, 0.25) is 0 Å². The Balaban J connectivity index is 3.83. The summed E-state index contributed by atoms with van der Waals surface area (Å²) in [4.78, 5) is 22.4. The minimum absolute atomic E-state index is 0.0998. The molecule has 4 heteroatoms. The van der Waals surface area contributed by atoms with Crippen LogP contribution in [-0.4, -0.2) is 23.0 Å². The largest absolute Gasteiger partial charge is 0.480 e. The molecular formula is C13H23NO3. The number of rotatable bonds is 9. The summed E-state index contributed by atoms with van der Waals surface area (Å²) in [6, 6.07) is -0.782. The Hall–Kier alpha value is -1.32. The molecule has 0 rings (SSSR count). The third kappa shape index (κ3) is 7.55. The van der Waals surface area contributed by atoms with E-state index in [1.54, 1.807) is 13.8 Å². The molecule has 0 radical (unpaired) electrons. The number of aliphatic carboxylic acids is 1. The van der Waals surface area contributed by atoms with E-state index in [4.69, 9.17) is 5.11 Å². The van der Waals surface area contributed by atoms with Gasteiger partial charge in [0.15, 0.2) is 0 Å². The first-order valence-corrected chi connectivity index (χ1v) is 6.12. The Morgan fingerprint density at radius 1 is 1.29 bits per heavy atom. The van der Waals surface area contributed by atoms with Crippen LogP contribution in [0.15, 0.2) is 12.7 Å². The van der Waals surface area contributed by atoms with Crippen molar-refractivity contribution in [3.63, 3.8) is 0 Å². The van der Waals surface area contributed by atoms with Crippen LogP contribution in [0.25, 0.3) is 0 Å². The molecule has 17 heavy (non-hydrogen) atoms. The summed E-state index contributed by atoms with van der Waals surface area (Å²) in [6.07, 6.45) is 6.02. The maximum Gasteiger partial charge on any atom is 0.326 e. The number of carboxylic acids is 1. The number of amides is 1. The van der Waals surface area contributed by atoms with Crippen molar-refractivity contribution in [2.75, 3.05) is 0 Å². The average molecular weight is 241 g/mol. The third-order valence-electron chi connectivity index (χ3n) is 2.56. The maximum atomic E-state index is 11.5. The second-order valence-electron chi connectivity index (χ2n) is 4.52. The van der Waals surface area contributed by atoms with Gasteiger partial charge in [-0.2, -0.15) is 0 Å². The zero-order valence-electron chi connectivity index (χ0n) is 10.7. The summed E-state index contributed by atoms with van der Waals surface area (Å²) in [5.41, 5.74) is 0. The number of carboxylic acid groups (broad SMARTS) is 1. The molecular weight excluding hydrogens is 218 g/mol. The van der Waals surface area contributed by atoms with Crippen molar-refractivity contribution < 1.29 is 14.7 Å². The Morgan fingerprint density at radius 3 is 2.41 bits per heavy atom. The predicted octanol–water partition coefficient (Wildman–Crippen LogP) is 2.35. The minimum atomic E-state index is -0.972. The second kappa shape index (κ2) is 8.79. The lowest BCUT2D eigenvalue weighted by atomic mass is 10.0. The van der Waals surface area contributed by atoms with Crippen LogP contribution in [0, 0.1) is 5.92 Å². The SMILES string of the molecule is C=CCCCCCC(=O)N[C@H](C(=O)O)C(C)C. The lowest BCUT2D eigenvalue weighted by Gasteiger charge is -2.17. The maximum absolute atomic E-state index is 11.5. The number of hydrogen-bond donors (Lipinski definition) is 2. The van der Waals surface area contributed by atoms with Crippen LogP contribution in [0.3, 0.4) is 0 Å². The third-order valence-corrected chi connectivity index (χ3v) is 2.56. The van der Waals surface area contributed by atoms with E-state index in [9.17, 15) is 9.59 Å². The van der Waals surface area contributed by atoms with E-state index in [2.05, 4.69) is 11.9 Å². The first-order chi connectivity index (χ1) is 7.99. The highest BCUT2D eigenvalue weighted by Gasteiger charge is 2.22. The van der Waals surface area contributed by atoms with Crippen LogP contribution < -0.4 is 5.32 Å². The fourth-order valence-electron chi connectivity index (χ4n) is 1.51. The zero-order chi connectivity index (χ0) is 13.3. The summed E-state index contributed by atoms with van der Waals surface area (Å²) in [7, 11) is 0. The van der Waals surface area contributed by atoms with Crippen molar-refractivity contribution in [2.24, 2.45) is 5.92 Å². The van der Waals surface area contributed by atoms with E-state index < -0.39 is 12.0 Å². The number of carbonyl (C=O) groups is 2. The molecule has 0 bridgehead atoms. The fraction of sp³-hybridized carbons (Fsp3) is 0.692. The Labute approximate surface area is 103 Å². The standard InChI is InChI=1S/C13H23NO3/c1-4-5-6-7-8-9-11(15)14-12(10(2)3)13(16)17/h4,10,12H,1,5-9H2,2-3H3,(H,14,15)(H,16,17)/t12-/m0/s1. The van der Waals surface area contributed by atoms with Crippen LogP contribution in [0.5, 0.6) is 0 Å². The van der Waals surface area contributed by atoms with Crippen LogP contribution in [-0.2, 0) is 9.59 Å². The number of unbranched alkanes of at least 4 members (excludes halogenated alkanes) is 3. The van der Waals surface area contributed by atoms with Gasteiger partial charge in [0.2, 0.25) is 5.91 Å². The van der Waals surface area contributed by atoms with Crippen molar-refractivity contribution in [2.45, 2.75) is 52.0 Å². The van der Waals surface area contributed by atoms with Crippen molar-refractivity contribution >= 4 is 11.9 Å². The van der Waals surface area contributed by atoms with Crippen molar-refractivity contribution in [1.82, 2.24) is 5.32 Å². The topological polar surface area (TPSA) is 66.4 Å². The molecule has 0 aromatic heterocycles. The molecule has 2 N–H and O–H groups in total. The van der Waals surface area contributed by atoms with Crippen LogP contribution in [0.1, 0.15) is 46.0 Å². The molecule has 98 valence electrons. The molecule has 4 nitrogen and oxygen atoms in total. The Morgan fingerprint density at radius 2 is 1.94 bits per heavy atom. The van der Waals surface area contributed by atoms with E-state index >= 15 is 0 Å². The summed E-state index contributed by atoms with van der Waals surface area (Å²) in [5, 5.41) is 11.5. The fourth-order valence-corrected chi connectivity index (χ4v) is 1.51. The molecule has 0 spiro atoms. The van der Waals surface area contributed by atoms with Crippen LogP contribution in [0.4, 0.5) is 0 Å². The van der Waals surface area contributed by atoms with Gasteiger partial charge in [-0.15, -0.1) is 6.58 Å². The molecule has 0 aliphatic heterocycles. The van der Waals surface area contributed by atoms with E-state index in [-0.39, 0.29) is 11.8 Å². The lowest BCUT2D eigenvalue weighted by molar-refractivity contribution is -0.143. The van der Waals surface area contributed by atoms with E-state index in [0.717, 1.165) is 25.7 Å². The van der Waals surface area contributed by atoms with Gasteiger partial charge in [0.1, 0.15) is 6.04 Å². The molecule has 0 fully saturated rings. The normalized spacial score (nSPS) is 12.2. The zero-order valence-corrected chi connectivity index (χ0v) is 10.7. The van der Waals surface area contributed by atoms with E-state index in [0.29, 0.717) is 6.42 Å². The first kappa shape index (κ1) is 15.7. The molecule has 0 saturated heterocycles. The summed E-state index contributed by atoms with van der Waals surface area (Å²) in [6.45, 7) is 7.19. The summed E-state index contributed by atoms with van der Waals surface area (Å²) in [5.74, 6) is -1.25. The Kier molecular flexibility index (Phi) is 8.11. The van der Waals surface area contributed by atoms with E-state index in [1.165, 1.54) is 0 Å². The van der Waals surface area contributed by atoms with Gasteiger partial charge in [-0.25, -0.2) is 4.79 Å². The van der Waals surface area contributed by atoms with Crippen molar-refractivity contribution in [3.8, 4) is 0 Å². The molecule has 0 heterocycles. The summed E-state index contributed by atoms with van der Waals surface area (Å²) < 4.78 is 0. The van der Waals surface area contributed by atoms with Gasteiger partial charge in [-0.05, 0) is 25.2 Å². The molecule has 1 amide bonds. The highest BCUT2D eigenvalue weighted by Crippen LogP contribution is 2.05. The molecule has 0 aliphatic carbocycles. The van der Waals surface area contributed by atoms with Gasteiger partial charge in [-0.3, -0.25) is 4.79 Å². The monoisotopic (exact) mass is 241 g/mol. The number of hydrogen-bond acceptors (Lipinski definition) is 2. The van der Waals surface area contributed by atoms with Gasteiger partial charge in [0.25, 0.3) is 0 Å². The average Bonchev–Trinajstić information content (AvgIpc) is 2.24. The smallest absolute Gasteiger partial charge is 0.326 e. The van der Waals surface area contributed by atoms with E-state index in [1.807, 2.05) is 6.08 Å². The predicted molar refractivity (Wildman–Crippen MR) is 67.7 cm³/mol. The molecule has 0 aromatic carbocycles. The van der Waals surface area contributed by atoms with Gasteiger partial charge in [0.05, 0.1) is 0 Å². The highest BCUT2D eigenvalue weighted by atomic mass is 16.4. The number of nitrogens with one attached hydrogen (secondary N) is 1. The number of carbonyl (C=O) groups excluding carboxylic acids is 1. The Bertz CT molecular complexity index is 261. The molecule has 0 unspecified atom stereocenters. The molecule has 1 atom stereocenters. The first-order valence-electron chi connectivity index (χ1n) is 6.12. The van der Waals surface area contributed by atoms with Gasteiger partial charge in [0, 0.05) is 6.42 Å². The lowest BCUT2D eigenvalue weighted by Crippen LogP contribution is -2.44. The van der Waals surface area contributed by atoms with Crippen LogP contribution >= 0.6 is 0 Å². The van der Waals surface area contributed by atoms with Crippen molar-refractivity contribution in [3.05, 3.63) is 12.7 Å². The van der Waals surface area contributed by atoms with Gasteiger partial charge >= 0.3 is 5.97 Å². The molecule has 0 saturated carbocycles. The van der Waals surface area contributed by atoms with Gasteiger partial charge < -0.3 is 10.4 Å². The molecule has 0 aliphatic rings. The quantitative estimate of drug-likeness (QED) is 0.481. The molecule has 0 aromatic rings. The van der Waals surface area contributed by atoms with Gasteiger partial charge in [-0.1, -0.05) is 26.3 Å². The minimum Gasteiger partial charge on any atom is -0.480 e. The highest BCUT2D eigenvalue weighted by molar-refractivity contribution is 5.83. The summed E-state index contributed by atoms with van der Waals surface area (Å²) >= 11 is 0. The van der Waals surface area contributed by atoms with Crippen molar-refractivity contribution in [1.29, 1.82) is 0 Å².